The number of rotatable bonds is 4. The molecule has 12 heteroatoms. The predicted molar refractivity (Wildman–Crippen MR) is 139 cm³/mol. The largest absolute Gasteiger partial charge is 0.466 e. The molecule has 0 radical (unpaired) electrons. The minimum atomic E-state index is -4.58. The molecule has 1 saturated heterocycles. The van der Waals surface area contributed by atoms with Crippen LogP contribution in [0.1, 0.15) is 39.2 Å². The minimum Gasteiger partial charge on any atom is -0.466 e. The fourth-order valence-electron chi connectivity index (χ4n) is 5.11. The van der Waals surface area contributed by atoms with Crippen LogP contribution >= 0.6 is 0 Å². The van der Waals surface area contributed by atoms with Crippen LogP contribution in [0.25, 0.3) is 5.65 Å². The molecule has 1 fully saturated rings. The van der Waals surface area contributed by atoms with E-state index in [0.717, 1.165) is 32.2 Å². The van der Waals surface area contributed by atoms with Crippen molar-refractivity contribution in [1.82, 2.24) is 29.2 Å². The Hall–Kier alpha value is -3.35. The Morgan fingerprint density at radius 1 is 1.10 bits per heavy atom. The van der Waals surface area contributed by atoms with Crippen LogP contribution in [0.4, 0.5) is 13.2 Å². The summed E-state index contributed by atoms with van der Waals surface area (Å²) in [6.07, 6.45) is -0.978. The van der Waals surface area contributed by atoms with Crippen molar-refractivity contribution >= 4 is 16.6 Å². The summed E-state index contributed by atoms with van der Waals surface area (Å²) in [6, 6.07) is 9.66. The number of aromatic nitrogens is 4. The van der Waals surface area contributed by atoms with Gasteiger partial charge >= 0.3 is 6.18 Å². The first kappa shape index (κ1) is 25.9. The van der Waals surface area contributed by atoms with Gasteiger partial charge in [-0.15, -0.1) is 10.2 Å². The predicted octanol–water partition coefficient (Wildman–Crippen LogP) is 3.92. The van der Waals surface area contributed by atoms with E-state index in [1.165, 1.54) is 6.20 Å². The SMILES string of the molecule is Cc1cnc2c(c1)S(=O)N(Cc1cc(Cc3ccn4c(C(F)(F)F)nnc4c3C)ccc1C)CC1(CNC1)O2. The van der Waals surface area contributed by atoms with E-state index in [-0.39, 0.29) is 5.65 Å². The summed E-state index contributed by atoms with van der Waals surface area (Å²) >= 11 is 0. The molecule has 2 aliphatic heterocycles. The molecule has 0 aliphatic carbocycles. The topological polar surface area (TPSA) is 84.7 Å². The molecule has 1 unspecified atom stereocenters. The molecule has 1 spiro atoms. The molecule has 0 saturated carbocycles. The standard InChI is InChI=1S/C27H27F3N6O2S/c1-16-8-22-24(32-11-16)38-26(13-31-14-26)15-35(39(22)37)12-21-10-19(5-4-17(21)2)9-20-6-7-36-23(18(20)3)33-34-25(36)27(28,29)30/h4-8,10-11,31H,9,12-15H2,1-3H3. The van der Waals surface area contributed by atoms with Crippen LogP contribution in [-0.4, -0.2) is 53.3 Å². The second-order valence-corrected chi connectivity index (χ2v) is 11.8. The van der Waals surface area contributed by atoms with Gasteiger partial charge in [0.25, 0.3) is 0 Å². The second kappa shape index (κ2) is 9.39. The van der Waals surface area contributed by atoms with Gasteiger partial charge in [0.1, 0.15) is 21.5 Å². The Morgan fingerprint density at radius 2 is 1.90 bits per heavy atom. The Labute approximate surface area is 225 Å². The summed E-state index contributed by atoms with van der Waals surface area (Å²) in [6.45, 7) is 7.91. The maximum Gasteiger partial charge on any atom is 0.452 e. The molecule has 8 nitrogen and oxygen atoms in total. The number of pyridine rings is 2. The van der Waals surface area contributed by atoms with Gasteiger partial charge in [0.15, 0.2) is 5.65 Å². The monoisotopic (exact) mass is 556 g/mol. The normalized spacial score (nSPS) is 19.0. The zero-order chi connectivity index (χ0) is 27.5. The second-order valence-electron chi connectivity index (χ2n) is 10.4. The summed E-state index contributed by atoms with van der Waals surface area (Å²) < 4.78 is 62.8. The van der Waals surface area contributed by atoms with Crippen molar-refractivity contribution in [3.05, 3.63) is 81.9 Å². The molecule has 39 heavy (non-hydrogen) atoms. The number of halogens is 3. The lowest BCUT2D eigenvalue weighted by molar-refractivity contribution is -0.145. The molecule has 0 bridgehead atoms. The highest BCUT2D eigenvalue weighted by molar-refractivity contribution is 7.82. The van der Waals surface area contributed by atoms with Crippen LogP contribution < -0.4 is 10.1 Å². The van der Waals surface area contributed by atoms with Gasteiger partial charge in [-0.1, -0.05) is 18.2 Å². The molecule has 3 aromatic heterocycles. The quantitative estimate of drug-likeness (QED) is 0.410. The lowest BCUT2D eigenvalue weighted by Gasteiger charge is -2.42. The zero-order valence-corrected chi connectivity index (χ0v) is 22.5. The maximum atomic E-state index is 13.8. The molecule has 0 amide bonds. The number of hydrogen-bond acceptors (Lipinski definition) is 6. The van der Waals surface area contributed by atoms with Crippen LogP contribution in [0.15, 0.2) is 47.6 Å². The molecule has 4 aromatic rings. The number of nitrogens with one attached hydrogen (secondary N) is 1. The molecule has 204 valence electrons. The molecular formula is C27H27F3N6O2S. The van der Waals surface area contributed by atoms with E-state index >= 15 is 0 Å². The Morgan fingerprint density at radius 3 is 2.62 bits per heavy atom. The molecule has 1 atom stereocenters. The summed E-state index contributed by atoms with van der Waals surface area (Å²) in [5.41, 5.74) is 5.19. The Kier molecular flexibility index (Phi) is 6.23. The fraction of sp³-hybridized carbons (Fsp3) is 0.370. The molecule has 1 N–H and O–H groups in total. The van der Waals surface area contributed by atoms with Crippen LogP contribution in [-0.2, 0) is 30.1 Å². The van der Waals surface area contributed by atoms with Crippen LogP contribution in [0.3, 0.4) is 0 Å². The summed E-state index contributed by atoms with van der Waals surface area (Å²) in [4.78, 5) is 5.00. The lowest BCUT2D eigenvalue weighted by atomic mass is 9.95. The number of hydrogen-bond donors (Lipinski definition) is 1. The van der Waals surface area contributed by atoms with Crippen molar-refractivity contribution < 1.29 is 22.1 Å². The fourth-order valence-corrected chi connectivity index (χ4v) is 6.53. The first-order valence-electron chi connectivity index (χ1n) is 12.5. The van der Waals surface area contributed by atoms with E-state index in [1.54, 1.807) is 19.2 Å². The van der Waals surface area contributed by atoms with Gasteiger partial charge in [0.05, 0.1) is 6.54 Å². The Balaban J connectivity index is 1.30. The zero-order valence-electron chi connectivity index (χ0n) is 21.7. The third-order valence-electron chi connectivity index (χ3n) is 7.40. The van der Waals surface area contributed by atoms with Crippen LogP contribution in [0, 0.1) is 20.8 Å². The van der Waals surface area contributed by atoms with Crippen molar-refractivity contribution in [2.75, 3.05) is 19.6 Å². The lowest BCUT2D eigenvalue weighted by Crippen LogP contribution is -2.67. The number of fused-ring (bicyclic) bond motifs is 2. The van der Waals surface area contributed by atoms with Gasteiger partial charge in [-0.25, -0.2) is 13.5 Å². The average Bonchev–Trinajstić information content (AvgIpc) is 3.27. The van der Waals surface area contributed by atoms with Gasteiger partial charge < -0.3 is 10.1 Å². The van der Waals surface area contributed by atoms with Gasteiger partial charge in [0, 0.05) is 32.0 Å². The van der Waals surface area contributed by atoms with E-state index in [4.69, 9.17) is 4.74 Å². The van der Waals surface area contributed by atoms with Crippen molar-refractivity contribution in [3.63, 3.8) is 0 Å². The van der Waals surface area contributed by atoms with E-state index in [1.807, 2.05) is 36.4 Å². The highest BCUT2D eigenvalue weighted by Gasteiger charge is 2.46. The number of benzene rings is 1. The summed E-state index contributed by atoms with van der Waals surface area (Å²) in [5.74, 6) is -0.618. The molecule has 5 heterocycles. The van der Waals surface area contributed by atoms with Crippen LogP contribution in [0.5, 0.6) is 5.88 Å². The summed E-state index contributed by atoms with van der Waals surface area (Å²) in [7, 11) is -1.46. The molecule has 6 rings (SSSR count). The van der Waals surface area contributed by atoms with E-state index in [0.29, 0.717) is 48.9 Å². The van der Waals surface area contributed by atoms with Crippen molar-refractivity contribution in [2.45, 2.75) is 50.4 Å². The van der Waals surface area contributed by atoms with Gasteiger partial charge in [-0.05, 0) is 72.7 Å². The first-order valence-corrected chi connectivity index (χ1v) is 13.7. The van der Waals surface area contributed by atoms with E-state index < -0.39 is 28.6 Å². The maximum absolute atomic E-state index is 13.8. The highest BCUT2D eigenvalue weighted by atomic mass is 32.2. The van der Waals surface area contributed by atoms with E-state index in [9.17, 15) is 17.4 Å². The Bertz CT molecular complexity index is 1620. The summed E-state index contributed by atoms with van der Waals surface area (Å²) in [5, 5.41) is 10.4. The number of nitrogens with zero attached hydrogens (tertiary/aromatic N) is 5. The van der Waals surface area contributed by atoms with Gasteiger partial charge in [0.2, 0.25) is 11.7 Å². The van der Waals surface area contributed by atoms with Crippen molar-refractivity contribution in [1.29, 1.82) is 0 Å². The van der Waals surface area contributed by atoms with Gasteiger partial charge in [-0.3, -0.25) is 4.40 Å². The number of ether oxygens (including phenoxy) is 1. The number of aryl methyl sites for hydroxylation is 3. The highest BCUT2D eigenvalue weighted by Crippen LogP contribution is 2.34. The third kappa shape index (κ3) is 4.70. The van der Waals surface area contributed by atoms with Gasteiger partial charge in [-0.2, -0.15) is 13.2 Å². The molecular weight excluding hydrogens is 529 g/mol. The third-order valence-corrected chi connectivity index (χ3v) is 8.79. The number of alkyl halides is 3. The first-order chi connectivity index (χ1) is 18.5. The van der Waals surface area contributed by atoms with Crippen molar-refractivity contribution in [2.24, 2.45) is 0 Å². The van der Waals surface area contributed by atoms with Crippen LogP contribution in [0.2, 0.25) is 0 Å². The van der Waals surface area contributed by atoms with E-state index in [2.05, 4.69) is 26.6 Å². The van der Waals surface area contributed by atoms with Crippen molar-refractivity contribution in [3.8, 4) is 5.88 Å². The minimum absolute atomic E-state index is 0.189. The average molecular weight is 557 g/mol. The molecule has 1 aromatic carbocycles. The molecule has 2 aliphatic rings. The smallest absolute Gasteiger partial charge is 0.452 e.